The fourth-order valence-electron chi connectivity index (χ4n) is 1.86. The summed E-state index contributed by atoms with van der Waals surface area (Å²) in [5.74, 6) is -0.418. The van der Waals surface area contributed by atoms with Gasteiger partial charge >= 0.3 is 0 Å². The van der Waals surface area contributed by atoms with Crippen LogP contribution in [-0.2, 0) is 11.2 Å². The molecule has 3 nitrogen and oxygen atoms in total. The van der Waals surface area contributed by atoms with Crippen molar-refractivity contribution in [1.29, 1.82) is 0 Å². The van der Waals surface area contributed by atoms with E-state index in [4.69, 9.17) is 5.73 Å². The maximum absolute atomic E-state index is 13.0. The predicted octanol–water partition coefficient (Wildman–Crippen LogP) is 2.00. The summed E-state index contributed by atoms with van der Waals surface area (Å²) in [6, 6.07) is 6.10. The third-order valence-electron chi connectivity index (χ3n) is 3.17. The number of rotatable bonds is 6. The van der Waals surface area contributed by atoms with E-state index in [2.05, 4.69) is 5.32 Å². The van der Waals surface area contributed by atoms with Gasteiger partial charge in [0.05, 0.1) is 6.42 Å². The first kappa shape index (κ1) is 14.6. The number of nitrogens with one attached hydrogen (secondary N) is 1. The van der Waals surface area contributed by atoms with Crippen molar-refractivity contribution in [2.45, 2.75) is 38.6 Å². The Hall–Kier alpha value is -1.42. The van der Waals surface area contributed by atoms with Crippen LogP contribution in [0.2, 0.25) is 0 Å². The van der Waals surface area contributed by atoms with Crippen LogP contribution in [0.3, 0.4) is 0 Å². The van der Waals surface area contributed by atoms with Crippen LogP contribution < -0.4 is 11.1 Å². The molecule has 0 radical (unpaired) electrons. The summed E-state index contributed by atoms with van der Waals surface area (Å²) in [4.78, 5) is 11.9. The van der Waals surface area contributed by atoms with Crippen molar-refractivity contribution < 1.29 is 9.18 Å². The van der Waals surface area contributed by atoms with E-state index in [0.29, 0.717) is 12.1 Å². The number of hydrogen-bond donors (Lipinski definition) is 2. The summed E-state index contributed by atoms with van der Waals surface area (Å²) in [5, 5.41) is 2.97. The van der Waals surface area contributed by atoms with Gasteiger partial charge in [-0.3, -0.25) is 4.79 Å². The topological polar surface area (TPSA) is 55.1 Å². The maximum Gasteiger partial charge on any atom is 0.224 e. The molecule has 18 heavy (non-hydrogen) atoms. The second-order valence-electron chi connectivity index (χ2n) is 4.81. The van der Waals surface area contributed by atoms with Crippen molar-refractivity contribution in [3.8, 4) is 0 Å². The molecule has 1 amide bonds. The van der Waals surface area contributed by atoms with Gasteiger partial charge in [-0.1, -0.05) is 19.1 Å². The Bertz CT molecular complexity index is 409. The van der Waals surface area contributed by atoms with Crippen LogP contribution in [0.25, 0.3) is 0 Å². The molecule has 1 aromatic rings. The first-order valence-corrected chi connectivity index (χ1v) is 6.24. The van der Waals surface area contributed by atoms with Crippen LogP contribution in [0.4, 0.5) is 4.39 Å². The van der Waals surface area contributed by atoms with Crippen molar-refractivity contribution in [3.63, 3.8) is 0 Å². The van der Waals surface area contributed by atoms with Gasteiger partial charge in [0, 0.05) is 5.54 Å². The Kier molecular flexibility index (Phi) is 5.28. The highest BCUT2D eigenvalue weighted by Crippen LogP contribution is 2.14. The smallest absolute Gasteiger partial charge is 0.224 e. The van der Waals surface area contributed by atoms with Gasteiger partial charge in [-0.25, -0.2) is 4.39 Å². The summed E-state index contributed by atoms with van der Waals surface area (Å²) in [6.07, 6.45) is 1.75. The zero-order valence-electron chi connectivity index (χ0n) is 11.0. The summed E-state index contributed by atoms with van der Waals surface area (Å²) in [7, 11) is 0. The molecular weight excluding hydrogens is 231 g/mol. The minimum Gasteiger partial charge on any atom is -0.351 e. The number of benzene rings is 1. The van der Waals surface area contributed by atoms with E-state index in [9.17, 15) is 9.18 Å². The summed E-state index contributed by atoms with van der Waals surface area (Å²) in [6.45, 7) is 4.52. The number of halogens is 1. The second-order valence-corrected chi connectivity index (χ2v) is 4.81. The molecule has 3 N–H and O–H groups in total. The van der Waals surface area contributed by atoms with E-state index < -0.39 is 0 Å². The molecule has 0 aliphatic rings. The molecule has 0 aromatic heterocycles. The van der Waals surface area contributed by atoms with Gasteiger partial charge in [-0.2, -0.15) is 0 Å². The van der Waals surface area contributed by atoms with E-state index in [-0.39, 0.29) is 23.7 Å². The number of carbonyl (C=O) groups excluding carboxylic acids is 1. The zero-order valence-corrected chi connectivity index (χ0v) is 11.0. The molecule has 1 aromatic carbocycles. The van der Waals surface area contributed by atoms with Crippen LogP contribution in [0.1, 0.15) is 32.3 Å². The highest BCUT2D eigenvalue weighted by molar-refractivity contribution is 5.79. The Balaban J connectivity index is 2.61. The van der Waals surface area contributed by atoms with Gasteiger partial charge in [0.2, 0.25) is 5.91 Å². The second kappa shape index (κ2) is 6.50. The van der Waals surface area contributed by atoms with E-state index in [1.165, 1.54) is 12.1 Å². The lowest BCUT2D eigenvalue weighted by molar-refractivity contribution is -0.122. The van der Waals surface area contributed by atoms with Crippen molar-refractivity contribution in [1.82, 2.24) is 5.32 Å². The van der Waals surface area contributed by atoms with Crippen molar-refractivity contribution in [3.05, 3.63) is 35.6 Å². The highest BCUT2D eigenvalue weighted by atomic mass is 19.1. The molecule has 4 heteroatoms. The van der Waals surface area contributed by atoms with Crippen LogP contribution in [0.5, 0.6) is 0 Å². The minimum absolute atomic E-state index is 0.0987. The first-order chi connectivity index (χ1) is 8.49. The SMILES string of the molecule is CCC(C)(CCN)NC(=O)Cc1cccc(F)c1. The lowest BCUT2D eigenvalue weighted by Gasteiger charge is -2.29. The Morgan fingerprint density at radius 1 is 1.50 bits per heavy atom. The molecule has 1 rings (SSSR count). The van der Waals surface area contributed by atoms with Gasteiger partial charge in [0.1, 0.15) is 5.82 Å². The van der Waals surface area contributed by atoms with Crippen molar-refractivity contribution in [2.75, 3.05) is 6.54 Å². The molecule has 0 aliphatic carbocycles. The standard InChI is InChI=1S/C14H21FN2O/c1-3-14(2,7-8-16)17-13(18)10-11-5-4-6-12(15)9-11/h4-6,9H,3,7-8,10,16H2,1-2H3,(H,17,18). The molecule has 0 fully saturated rings. The third kappa shape index (κ3) is 4.45. The molecule has 1 unspecified atom stereocenters. The normalized spacial score (nSPS) is 14.0. The monoisotopic (exact) mass is 252 g/mol. The van der Waals surface area contributed by atoms with Gasteiger partial charge in [0.15, 0.2) is 0 Å². The number of hydrogen-bond acceptors (Lipinski definition) is 2. The average molecular weight is 252 g/mol. The molecular formula is C14H21FN2O. The Morgan fingerprint density at radius 3 is 2.78 bits per heavy atom. The van der Waals surface area contributed by atoms with Gasteiger partial charge in [0.25, 0.3) is 0 Å². The zero-order chi connectivity index (χ0) is 13.6. The Labute approximate surface area is 108 Å². The molecule has 100 valence electrons. The van der Waals surface area contributed by atoms with E-state index in [0.717, 1.165) is 12.8 Å². The van der Waals surface area contributed by atoms with Crippen LogP contribution in [0, 0.1) is 5.82 Å². The fourth-order valence-corrected chi connectivity index (χ4v) is 1.86. The van der Waals surface area contributed by atoms with Gasteiger partial charge in [-0.15, -0.1) is 0 Å². The average Bonchev–Trinajstić information content (AvgIpc) is 2.29. The first-order valence-electron chi connectivity index (χ1n) is 6.24. The summed E-state index contributed by atoms with van der Waals surface area (Å²) < 4.78 is 13.0. The van der Waals surface area contributed by atoms with E-state index in [1.807, 2.05) is 13.8 Å². The molecule has 0 bridgehead atoms. The molecule has 0 spiro atoms. The summed E-state index contributed by atoms with van der Waals surface area (Å²) in [5.41, 5.74) is 5.94. The summed E-state index contributed by atoms with van der Waals surface area (Å²) >= 11 is 0. The molecule has 0 aliphatic heterocycles. The molecule has 0 saturated heterocycles. The van der Waals surface area contributed by atoms with Crippen LogP contribution in [0.15, 0.2) is 24.3 Å². The van der Waals surface area contributed by atoms with Gasteiger partial charge in [-0.05, 0) is 44.0 Å². The molecule has 0 heterocycles. The Morgan fingerprint density at radius 2 is 2.22 bits per heavy atom. The number of amides is 1. The van der Waals surface area contributed by atoms with E-state index >= 15 is 0 Å². The quantitative estimate of drug-likeness (QED) is 0.813. The third-order valence-corrected chi connectivity index (χ3v) is 3.17. The maximum atomic E-state index is 13.0. The van der Waals surface area contributed by atoms with Crippen molar-refractivity contribution >= 4 is 5.91 Å². The molecule has 0 saturated carbocycles. The fraction of sp³-hybridized carbons (Fsp3) is 0.500. The largest absolute Gasteiger partial charge is 0.351 e. The van der Waals surface area contributed by atoms with E-state index in [1.54, 1.807) is 12.1 Å². The lowest BCUT2D eigenvalue weighted by Crippen LogP contribution is -2.47. The number of nitrogens with two attached hydrogens (primary N) is 1. The van der Waals surface area contributed by atoms with Crippen LogP contribution in [-0.4, -0.2) is 18.0 Å². The number of carbonyl (C=O) groups is 1. The lowest BCUT2D eigenvalue weighted by atomic mass is 9.94. The van der Waals surface area contributed by atoms with Gasteiger partial charge < -0.3 is 11.1 Å². The van der Waals surface area contributed by atoms with Crippen LogP contribution >= 0.6 is 0 Å². The highest BCUT2D eigenvalue weighted by Gasteiger charge is 2.23. The minimum atomic E-state index is -0.319. The predicted molar refractivity (Wildman–Crippen MR) is 70.6 cm³/mol. The molecule has 1 atom stereocenters. The van der Waals surface area contributed by atoms with Crippen molar-refractivity contribution in [2.24, 2.45) is 5.73 Å².